The molecule has 0 amide bonds. The summed E-state index contributed by atoms with van der Waals surface area (Å²) in [4.78, 5) is 16.6. The molecular weight excluding hydrogens is 276 g/mol. The largest absolute Gasteiger partial charge is 0.370 e. The number of H-pyrrole nitrogens is 1. The summed E-state index contributed by atoms with van der Waals surface area (Å²) in [6.45, 7) is 0.840. The Morgan fingerprint density at radius 2 is 2.09 bits per heavy atom. The molecule has 0 aliphatic heterocycles. The minimum absolute atomic E-state index is 0.348. The SMILES string of the molecule is NC1CC(c2cc(NCCc3cnc[nH]3)nc(C3CC3)n2)C1. The normalized spacial score (nSPS) is 24.0. The van der Waals surface area contributed by atoms with E-state index in [2.05, 4.69) is 21.4 Å². The highest BCUT2D eigenvalue weighted by Crippen LogP contribution is 2.41. The summed E-state index contributed by atoms with van der Waals surface area (Å²) in [5.74, 6) is 3.06. The van der Waals surface area contributed by atoms with Gasteiger partial charge in [0.25, 0.3) is 0 Å². The molecule has 0 atom stereocenters. The van der Waals surface area contributed by atoms with Crippen LogP contribution in [-0.2, 0) is 6.42 Å². The zero-order valence-electron chi connectivity index (χ0n) is 12.6. The van der Waals surface area contributed by atoms with E-state index in [9.17, 15) is 0 Å². The number of anilines is 1. The van der Waals surface area contributed by atoms with Crippen LogP contribution in [0.15, 0.2) is 18.6 Å². The maximum absolute atomic E-state index is 5.92. The predicted molar refractivity (Wildman–Crippen MR) is 84.7 cm³/mol. The summed E-state index contributed by atoms with van der Waals surface area (Å²) in [6, 6.07) is 2.45. The second kappa shape index (κ2) is 5.68. The van der Waals surface area contributed by atoms with E-state index >= 15 is 0 Å². The molecule has 22 heavy (non-hydrogen) atoms. The van der Waals surface area contributed by atoms with Crippen molar-refractivity contribution < 1.29 is 0 Å². The van der Waals surface area contributed by atoms with Gasteiger partial charge in [0.15, 0.2) is 0 Å². The molecule has 6 heteroatoms. The van der Waals surface area contributed by atoms with Crippen molar-refractivity contribution >= 4 is 5.82 Å². The van der Waals surface area contributed by atoms with E-state index in [-0.39, 0.29) is 0 Å². The van der Waals surface area contributed by atoms with Gasteiger partial charge in [-0.05, 0) is 25.7 Å². The summed E-state index contributed by atoms with van der Waals surface area (Å²) in [5, 5.41) is 3.43. The molecule has 2 aliphatic carbocycles. The fourth-order valence-corrected chi connectivity index (χ4v) is 2.96. The van der Waals surface area contributed by atoms with Gasteiger partial charge >= 0.3 is 0 Å². The van der Waals surface area contributed by atoms with Crippen molar-refractivity contribution in [1.29, 1.82) is 0 Å². The molecule has 0 spiro atoms. The van der Waals surface area contributed by atoms with E-state index in [4.69, 9.17) is 15.7 Å². The summed E-state index contributed by atoms with van der Waals surface area (Å²) in [5.41, 5.74) is 8.22. The Bertz CT molecular complexity index is 628. The number of hydrogen-bond acceptors (Lipinski definition) is 5. The van der Waals surface area contributed by atoms with Gasteiger partial charge < -0.3 is 16.0 Å². The Balaban J connectivity index is 1.45. The second-order valence-corrected chi connectivity index (χ2v) is 6.49. The summed E-state index contributed by atoms with van der Waals surface area (Å²) in [6.07, 6.45) is 9.03. The van der Waals surface area contributed by atoms with Crippen LogP contribution in [0.3, 0.4) is 0 Å². The lowest BCUT2D eigenvalue weighted by molar-refractivity contribution is 0.344. The molecule has 116 valence electrons. The van der Waals surface area contributed by atoms with Gasteiger partial charge in [0.05, 0.1) is 6.33 Å². The molecule has 4 rings (SSSR count). The van der Waals surface area contributed by atoms with E-state index in [1.165, 1.54) is 18.5 Å². The van der Waals surface area contributed by atoms with E-state index in [1.807, 2.05) is 6.20 Å². The van der Waals surface area contributed by atoms with Crippen molar-refractivity contribution in [2.24, 2.45) is 5.73 Å². The molecule has 2 saturated carbocycles. The number of hydrogen-bond donors (Lipinski definition) is 3. The van der Waals surface area contributed by atoms with Crippen molar-refractivity contribution in [3.8, 4) is 0 Å². The Morgan fingerprint density at radius 1 is 1.23 bits per heavy atom. The third-order valence-electron chi connectivity index (χ3n) is 4.55. The molecule has 2 aliphatic rings. The Hall–Kier alpha value is -1.95. The van der Waals surface area contributed by atoms with E-state index in [0.717, 1.165) is 43.1 Å². The van der Waals surface area contributed by atoms with Gasteiger partial charge in [-0.3, -0.25) is 0 Å². The van der Waals surface area contributed by atoms with Crippen molar-refractivity contribution in [2.45, 2.75) is 50.0 Å². The number of nitrogens with zero attached hydrogens (tertiary/aromatic N) is 3. The van der Waals surface area contributed by atoms with Crippen LogP contribution >= 0.6 is 0 Å². The number of nitrogens with two attached hydrogens (primary N) is 1. The molecule has 2 heterocycles. The van der Waals surface area contributed by atoms with Gasteiger partial charge in [0.2, 0.25) is 0 Å². The van der Waals surface area contributed by atoms with Gasteiger partial charge in [-0.1, -0.05) is 0 Å². The Labute approximate surface area is 130 Å². The van der Waals surface area contributed by atoms with Crippen LogP contribution in [0.25, 0.3) is 0 Å². The van der Waals surface area contributed by atoms with Crippen LogP contribution in [0, 0.1) is 0 Å². The molecular formula is C16H22N6. The van der Waals surface area contributed by atoms with Crippen LogP contribution in [0.1, 0.15) is 54.7 Å². The molecule has 6 nitrogen and oxygen atoms in total. The fourth-order valence-electron chi connectivity index (χ4n) is 2.96. The van der Waals surface area contributed by atoms with Crippen LogP contribution in [0.2, 0.25) is 0 Å². The molecule has 0 bridgehead atoms. The van der Waals surface area contributed by atoms with Gasteiger partial charge in [-0.15, -0.1) is 0 Å². The highest BCUT2D eigenvalue weighted by molar-refractivity contribution is 5.39. The van der Waals surface area contributed by atoms with Crippen molar-refractivity contribution in [3.63, 3.8) is 0 Å². The second-order valence-electron chi connectivity index (χ2n) is 6.49. The Morgan fingerprint density at radius 3 is 2.77 bits per heavy atom. The minimum Gasteiger partial charge on any atom is -0.370 e. The number of nitrogens with one attached hydrogen (secondary N) is 2. The third kappa shape index (κ3) is 2.97. The van der Waals surface area contributed by atoms with Crippen molar-refractivity contribution in [2.75, 3.05) is 11.9 Å². The molecule has 0 unspecified atom stereocenters. The fraction of sp³-hybridized carbons (Fsp3) is 0.562. The molecule has 2 aromatic rings. The lowest BCUT2D eigenvalue weighted by Crippen LogP contribution is -2.35. The number of aromatic amines is 1. The van der Waals surface area contributed by atoms with Gasteiger partial charge in [0.1, 0.15) is 11.6 Å². The van der Waals surface area contributed by atoms with Gasteiger partial charge in [-0.25, -0.2) is 15.0 Å². The first-order valence-corrected chi connectivity index (χ1v) is 8.13. The van der Waals surface area contributed by atoms with E-state index in [1.54, 1.807) is 6.33 Å². The molecule has 0 aromatic carbocycles. The molecule has 2 aromatic heterocycles. The third-order valence-corrected chi connectivity index (χ3v) is 4.55. The van der Waals surface area contributed by atoms with E-state index < -0.39 is 0 Å². The average molecular weight is 298 g/mol. The molecule has 0 radical (unpaired) electrons. The van der Waals surface area contributed by atoms with Crippen molar-refractivity contribution in [1.82, 2.24) is 19.9 Å². The highest BCUT2D eigenvalue weighted by atomic mass is 15.0. The first-order chi connectivity index (χ1) is 10.8. The highest BCUT2D eigenvalue weighted by Gasteiger charge is 2.32. The van der Waals surface area contributed by atoms with Gasteiger partial charge in [-0.2, -0.15) is 0 Å². The van der Waals surface area contributed by atoms with Crippen LogP contribution in [0.5, 0.6) is 0 Å². The summed E-state index contributed by atoms with van der Waals surface area (Å²) >= 11 is 0. The first-order valence-electron chi connectivity index (χ1n) is 8.13. The predicted octanol–water partition coefficient (Wildman–Crippen LogP) is 1.94. The number of rotatable bonds is 6. The monoisotopic (exact) mass is 298 g/mol. The summed E-state index contributed by atoms with van der Waals surface area (Å²) < 4.78 is 0. The quantitative estimate of drug-likeness (QED) is 0.758. The lowest BCUT2D eigenvalue weighted by Gasteiger charge is -2.32. The number of aromatic nitrogens is 4. The van der Waals surface area contributed by atoms with Crippen LogP contribution in [-0.4, -0.2) is 32.5 Å². The Kier molecular flexibility index (Phi) is 3.54. The number of imidazole rings is 1. The van der Waals surface area contributed by atoms with E-state index in [0.29, 0.717) is 17.9 Å². The molecule has 2 fully saturated rings. The average Bonchev–Trinajstić information content (AvgIpc) is 3.22. The zero-order chi connectivity index (χ0) is 14.9. The van der Waals surface area contributed by atoms with Gasteiger partial charge in [0, 0.05) is 54.5 Å². The molecule has 4 N–H and O–H groups in total. The maximum Gasteiger partial charge on any atom is 0.134 e. The lowest BCUT2D eigenvalue weighted by atomic mass is 9.78. The standard InChI is InChI=1S/C16H22N6/c17-12-5-11(6-12)14-7-15(22-16(21-14)10-1-2-10)19-4-3-13-8-18-9-20-13/h7-12H,1-6,17H2,(H,18,20)(H,19,21,22). The minimum atomic E-state index is 0.348. The van der Waals surface area contributed by atoms with Crippen LogP contribution in [0.4, 0.5) is 5.82 Å². The zero-order valence-corrected chi connectivity index (χ0v) is 12.6. The van der Waals surface area contributed by atoms with Crippen molar-refractivity contribution in [3.05, 3.63) is 35.8 Å². The maximum atomic E-state index is 5.92. The molecule has 0 saturated heterocycles. The van der Waals surface area contributed by atoms with Crippen LogP contribution < -0.4 is 11.1 Å². The topological polar surface area (TPSA) is 92.5 Å². The first kappa shape index (κ1) is 13.7. The smallest absolute Gasteiger partial charge is 0.134 e. The summed E-state index contributed by atoms with van der Waals surface area (Å²) in [7, 11) is 0.